The van der Waals surface area contributed by atoms with E-state index in [9.17, 15) is 9.59 Å². The van der Waals surface area contributed by atoms with E-state index >= 15 is 0 Å². The molecule has 6 atom stereocenters. The molecule has 2 saturated carbocycles. The van der Waals surface area contributed by atoms with Crippen LogP contribution in [0.4, 0.5) is 0 Å². The molecule has 1 aromatic carbocycles. The van der Waals surface area contributed by atoms with Crippen molar-refractivity contribution in [3.05, 3.63) is 42.0 Å². The van der Waals surface area contributed by atoms with Crippen LogP contribution in [0.5, 0.6) is 5.75 Å². The highest BCUT2D eigenvalue weighted by Gasteiger charge is 2.67. The van der Waals surface area contributed by atoms with Gasteiger partial charge >= 0.3 is 0 Å². The van der Waals surface area contributed by atoms with Gasteiger partial charge in [0.25, 0.3) is 11.8 Å². The van der Waals surface area contributed by atoms with Crippen molar-refractivity contribution in [2.75, 3.05) is 6.61 Å². The summed E-state index contributed by atoms with van der Waals surface area (Å²) in [5.74, 6) is 1.87. The molecule has 0 radical (unpaired) electrons. The van der Waals surface area contributed by atoms with Crippen molar-refractivity contribution in [1.82, 2.24) is 5.01 Å². The largest absolute Gasteiger partial charge is 0.494 e. The molecule has 0 unspecified atom stereocenters. The quantitative estimate of drug-likeness (QED) is 0.482. The topological polar surface area (TPSA) is 59.0 Å². The maximum Gasteiger partial charge on any atom is 0.254 e. The van der Waals surface area contributed by atoms with Crippen molar-refractivity contribution in [2.24, 2.45) is 40.6 Å². The smallest absolute Gasteiger partial charge is 0.254 e. The van der Waals surface area contributed by atoms with E-state index in [1.807, 2.05) is 31.2 Å². The van der Waals surface area contributed by atoms with Crippen molar-refractivity contribution in [3.63, 3.8) is 0 Å². The van der Waals surface area contributed by atoms with Gasteiger partial charge in [-0.25, -0.2) is 0 Å². The predicted molar refractivity (Wildman–Crippen MR) is 91.8 cm³/mol. The maximum atomic E-state index is 12.8. The van der Waals surface area contributed by atoms with Crippen LogP contribution >= 0.6 is 0 Å². The Morgan fingerprint density at radius 3 is 2.24 bits per heavy atom. The zero-order chi connectivity index (χ0) is 17.1. The van der Waals surface area contributed by atoms with E-state index in [0.29, 0.717) is 18.4 Å². The zero-order valence-electron chi connectivity index (χ0n) is 14.0. The highest BCUT2D eigenvalue weighted by molar-refractivity contribution is 6.06. The Morgan fingerprint density at radius 1 is 1.08 bits per heavy atom. The van der Waals surface area contributed by atoms with Gasteiger partial charge in [-0.1, -0.05) is 12.2 Å². The molecule has 1 aliphatic heterocycles. The summed E-state index contributed by atoms with van der Waals surface area (Å²) in [6.45, 7) is 2.55. The number of imide groups is 1. The standard InChI is InChI=1S/C20H20N2O3/c1-2-25-12-5-3-11(4-6-12)10-21-22-19(23)17-13-7-8-14(16-9-15(13)16)18(17)20(22)24/h3-8,10,13-18H,2,9H2,1H3/b21-10-/t13-,14-,15-,16+,17+,18+/m1/s1. The van der Waals surface area contributed by atoms with Crippen LogP contribution in [0, 0.1) is 35.5 Å². The van der Waals surface area contributed by atoms with Crippen LogP contribution in [-0.2, 0) is 9.59 Å². The Kier molecular flexibility index (Phi) is 3.14. The van der Waals surface area contributed by atoms with Gasteiger partial charge in [-0.3, -0.25) is 9.59 Å². The first-order valence-electron chi connectivity index (χ1n) is 9.02. The minimum Gasteiger partial charge on any atom is -0.494 e. The van der Waals surface area contributed by atoms with E-state index < -0.39 is 0 Å². The molecule has 5 nitrogen and oxygen atoms in total. The Balaban J connectivity index is 1.37. The van der Waals surface area contributed by atoms with Crippen molar-refractivity contribution in [1.29, 1.82) is 0 Å². The Bertz CT molecular complexity index is 762. The maximum absolute atomic E-state index is 12.8. The van der Waals surface area contributed by atoms with Gasteiger partial charge in [-0.2, -0.15) is 10.1 Å². The van der Waals surface area contributed by atoms with Crippen molar-refractivity contribution >= 4 is 18.0 Å². The number of hydrogen-bond donors (Lipinski definition) is 0. The summed E-state index contributed by atoms with van der Waals surface area (Å²) in [5.41, 5.74) is 0.836. The molecule has 0 spiro atoms. The molecule has 2 bridgehead atoms. The fourth-order valence-corrected chi connectivity index (χ4v) is 5.00. The second kappa shape index (κ2) is 5.28. The molecule has 1 aromatic rings. The summed E-state index contributed by atoms with van der Waals surface area (Å²) in [5, 5.41) is 5.35. The molecule has 5 aliphatic rings. The third-order valence-electron chi connectivity index (χ3n) is 6.15. The summed E-state index contributed by atoms with van der Waals surface area (Å²) < 4.78 is 5.41. The molecule has 1 heterocycles. The van der Waals surface area contributed by atoms with E-state index in [1.54, 1.807) is 6.21 Å². The lowest BCUT2D eigenvalue weighted by molar-refractivity contribution is -0.140. The highest BCUT2D eigenvalue weighted by Crippen LogP contribution is 2.65. The molecule has 6 rings (SSSR count). The molecule has 0 aromatic heterocycles. The fraction of sp³-hybridized carbons (Fsp3) is 0.450. The van der Waals surface area contributed by atoms with Crippen LogP contribution < -0.4 is 4.74 Å². The van der Waals surface area contributed by atoms with Gasteiger partial charge in [-0.05, 0) is 66.8 Å². The summed E-state index contributed by atoms with van der Waals surface area (Å²) in [6.07, 6.45) is 7.10. The van der Waals surface area contributed by atoms with Crippen LogP contribution in [0.25, 0.3) is 0 Å². The Morgan fingerprint density at radius 2 is 1.68 bits per heavy atom. The van der Waals surface area contributed by atoms with Crippen molar-refractivity contribution in [2.45, 2.75) is 13.3 Å². The molecule has 0 N–H and O–H groups in total. The predicted octanol–water partition coefficient (Wildman–Crippen LogP) is 2.47. The van der Waals surface area contributed by atoms with E-state index in [2.05, 4.69) is 17.3 Å². The minimum atomic E-state index is -0.191. The van der Waals surface area contributed by atoms with E-state index in [-0.39, 0.29) is 35.5 Å². The molecule has 128 valence electrons. The van der Waals surface area contributed by atoms with Gasteiger partial charge in [-0.15, -0.1) is 0 Å². The molecular weight excluding hydrogens is 316 g/mol. The minimum absolute atomic E-state index is 0.123. The molecule has 2 amide bonds. The number of carbonyl (C=O) groups is 2. The van der Waals surface area contributed by atoms with Crippen LogP contribution in [0.3, 0.4) is 0 Å². The van der Waals surface area contributed by atoms with Gasteiger partial charge in [0.05, 0.1) is 24.7 Å². The van der Waals surface area contributed by atoms with E-state index in [1.165, 1.54) is 6.42 Å². The van der Waals surface area contributed by atoms with Crippen LogP contribution in [0.1, 0.15) is 18.9 Å². The first-order chi connectivity index (χ1) is 12.2. The Labute approximate surface area is 146 Å². The average molecular weight is 336 g/mol. The van der Waals surface area contributed by atoms with Gasteiger partial charge in [0.2, 0.25) is 0 Å². The van der Waals surface area contributed by atoms with E-state index in [4.69, 9.17) is 4.74 Å². The summed E-state index contributed by atoms with van der Waals surface area (Å²) >= 11 is 0. The summed E-state index contributed by atoms with van der Waals surface area (Å²) in [6, 6.07) is 7.45. The van der Waals surface area contributed by atoms with Crippen LogP contribution in [0.15, 0.2) is 41.5 Å². The third kappa shape index (κ3) is 2.11. The molecule has 25 heavy (non-hydrogen) atoms. The lowest BCUT2D eigenvalue weighted by Crippen LogP contribution is -2.40. The normalized spacial score (nSPS) is 37.6. The molecule has 5 heteroatoms. The third-order valence-corrected chi connectivity index (χ3v) is 6.15. The lowest BCUT2D eigenvalue weighted by atomic mass is 9.63. The molecule has 1 saturated heterocycles. The number of carbonyl (C=O) groups excluding carboxylic acids is 2. The number of benzene rings is 1. The van der Waals surface area contributed by atoms with Crippen molar-refractivity contribution in [3.8, 4) is 5.75 Å². The highest BCUT2D eigenvalue weighted by atomic mass is 16.5. The second-order valence-electron chi connectivity index (χ2n) is 7.39. The zero-order valence-corrected chi connectivity index (χ0v) is 14.0. The summed E-state index contributed by atoms with van der Waals surface area (Å²) in [7, 11) is 0. The number of hydrazone groups is 1. The van der Waals surface area contributed by atoms with Gasteiger partial charge in [0.1, 0.15) is 5.75 Å². The first kappa shape index (κ1) is 14.9. The Hall–Kier alpha value is -2.43. The number of nitrogens with zero attached hydrogens (tertiary/aromatic N) is 2. The monoisotopic (exact) mass is 336 g/mol. The number of rotatable bonds is 4. The molecule has 3 fully saturated rings. The fourth-order valence-electron chi connectivity index (χ4n) is 5.00. The van der Waals surface area contributed by atoms with Crippen molar-refractivity contribution < 1.29 is 14.3 Å². The molecule has 4 aliphatic carbocycles. The summed E-state index contributed by atoms with van der Waals surface area (Å²) in [4.78, 5) is 25.6. The second-order valence-corrected chi connectivity index (χ2v) is 7.39. The van der Waals surface area contributed by atoms with Crippen LogP contribution in [0.2, 0.25) is 0 Å². The van der Waals surface area contributed by atoms with Crippen LogP contribution in [-0.4, -0.2) is 29.6 Å². The number of ether oxygens (including phenoxy) is 1. The SMILES string of the molecule is CCOc1ccc(/C=N\N2C(=O)[C@H]3[C@@H]4C=C[C@H]([C@@H]5C[C@H]45)[C@@H]3C2=O)cc1. The van der Waals surface area contributed by atoms with Gasteiger partial charge < -0.3 is 4.74 Å². The number of allylic oxidation sites excluding steroid dienone is 2. The molecular formula is C20H20N2O3. The van der Waals surface area contributed by atoms with Gasteiger partial charge in [0.15, 0.2) is 0 Å². The van der Waals surface area contributed by atoms with Gasteiger partial charge in [0, 0.05) is 0 Å². The average Bonchev–Trinajstić information content (AvgIpc) is 3.41. The lowest BCUT2D eigenvalue weighted by Gasteiger charge is -2.37. The van der Waals surface area contributed by atoms with E-state index in [0.717, 1.165) is 16.3 Å². The number of amides is 2. The number of hydrogen-bond acceptors (Lipinski definition) is 4. The first-order valence-corrected chi connectivity index (χ1v) is 9.02.